The summed E-state index contributed by atoms with van der Waals surface area (Å²) in [6.07, 6.45) is 5.44. The fourth-order valence-corrected chi connectivity index (χ4v) is 4.73. The highest BCUT2D eigenvalue weighted by atomic mass is 28.4. The van der Waals surface area contributed by atoms with Crippen molar-refractivity contribution in [1.82, 2.24) is 5.32 Å². The molecule has 0 aliphatic rings. The molecule has 0 rings (SSSR count). The fraction of sp³-hybridized carbons (Fsp3) is 0.944. The van der Waals surface area contributed by atoms with Gasteiger partial charge >= 0.3 is 8.80 Å². The first-order valence-electron chi connectivity index (χ1n) is 9.34. The summed E-state index contributed by atoms with van der Waals surface area (Å²) < 4.78 is 16.3. The highest BCUT2D eigenvalue weighted by Crippen LogP contribution is 2.27. The van der Waals surface area contributed by atoms with Crippen molar-refractivity contribution in [2.45, 2.75) is 77.9 Å². The van der Waals surface area contributed by atoms with Crippen molar-refractivity contribution in [3.8, 4) is 0 Å². The van der Waals surface area contributed by atoms with Crippen LogP contribution in [-0.4, -0.2) is 53.8 Å². The normalized spacial score (nSPS) is 13.7. The van der Waals surface area contributed by atoms with Gasteiger partial charge in [-0.1, -0.05) is 40.0 Å². The van der Waals surface area contributed by atoms with Gasteiger partial charge in [-0.15, -0.1) is 0 Å². The molecule has 0 saturated carbocycles. The van der Waals surface area contributed by atoms with E-state index in [-0.39, 0.29) is 17.4 Å². The molecule has 0 heterocycles. The van der Waals surface area contributed by atoms with Crippen LogP contribution in [0.15, 0.2) is 0 Å². The van der Waals surface area contributed by atoms with Gasteiger partial charge in [0.2, 0.25) is 5.91 Å². The van der Waals surface area contributed by atoms with Crippen LogP contribution in [0.3, 0.4) is 0 Å². The van der Waals surface area contributed by atoms with E-state index in [1.54, 1.807) is 21.3 Å². The summed E-state index contributed by atoms with van der Waals surface area (Å²) in [5.74, 6) is -0.00338. The van der Waals surface area contributed by atoms with Gasteiger partial charge in [-0.2, -0.15) is 0 Å². The minimum atomic E-state index is -2.58. The Hall–Kier alpha value is -0.473. The molecule has 0 bridgehead atoms. The lowest BCUT2D eigenvalue weighted by Crippen LogP contribution is -2.44. The van der Waals surface area contributed by atoms with E-state index in [1.165, 1.54) is 0 Å². The van der Waals surface area contributed by atoms with Crippen LogP contribution in [0.25, 0.3) is 0 Å². The maximum Gasteiger partial charge on any atom is 0.500 e. The minimum absolute atomic E-state index is 0.00338. The van der Waals surface area contributed by atoms with Crippen LogP contribution >= 0.6 is 0 Å². The number of nitrogens with one attached hydrogen (secondary N) is 1. The molecule has 0 fully saturated rings. The maximum absolute atomic E-state index is 12.0. The van der Waals surface area contributed by atoms with Gasteiger partial charge in [0.15, 0.2) is 0 Å². The van der Waals surface area contributed by atoms with E-state index in [1.807, 2.05) is 0 Å². The fourth-order valence-electron chi connectivity index (χ4n) is 2.63. The Bertz CT molecular complexity index is 353. The molecule has 0 aromatic heterocycles. The van der Waals surface area contributed by atoms with Crippen LogP contribution in [-0.2, 0) is 18.1 Å². The molecule has 0 radical (unpaired) electrons. The van der Waals surface area contributed by atoms with Crippen molar-refractivity contribution >= 4 is 14.7 Å². The highest BCUT2D eigenvalue weighted by molar-refractivity contribution is 6.60. The van der Waals surface area contributed by atoms with Gasteiger partial charge in [0.05, 0.1) is 6.10 Å². The Balaban J connectivity index is 4.12. The van der Waals surface area contributed by atoms with Crippen molar-refractivity contribution in [3.63, 3.8) is 0 Å². The Kier molecular flexibility index (Phi) is 12.6. The number of amides is 1. The summed E-state index contributed by atoms with van der Waals surface area (Å²) in [6, 6.07) is 0.704. The second-order valence-electron chi connectivity index (χ2n) is 7.42. The third-order valence-electron chi connectivity index (χ3n) is 4.65. The van der Waals surface area contributed by atoms with Gasteiger partial charge in [-0.05, 0) is 24.7 Å². The monoisotopic (exact) mass is 377 g/mol. The number of carbonyl (C=O) groups excluding carboxylic acids is 1. The largest absolute Gasteiger partial charge is 0.500 e. The molecule has 0 aliphatic carbocycles. The molecule has 2 N–H and O–H groups in total. The summed E-state index contributed by atoms with van der Waals surface area (Å²) in [5.41, 5.74) is -0.0801. The number of hydrogen-bond donors (Lipinski definition) is 2. The van der Waals surface area contributed by atoms with Gasteiger partial charge in [-0.3, -0.25) is 4.79 Å². The number of aliphatic hydroxyl groups is 1. The Morgan fingerprint density at radius 2 is 1.72 bits per heavy atom. The lowest BCUT2D eigenvalue weighted by Gasteiger charge is -2.30. The zero-order valence-electron chi connectivity index (χ0n) is 17.0. The minimum Gasteiger partial charge on any atom is -0.393 e. The van der Waals surface area contributed by atoms with E-state index in [9.17, 15) is 9.90 Å². The standard InChI is InChI=1S/C18H39NO5Si/c1-7-8-9-10-16(20)11-12-17(21)19-15-18(2,3)13-14-25(22-4,23-5)24-6/h16,20H,7-15H2,1-6H3,(H,19,21). The van der Waals surface area contributed by atoms with Crippen LogP contribution in [0.5, 0.6) is 0 Å². The van der Waals surface area contributed by atoms with E-state index >= 15 is 0 Å². The predicted molar refractivity (Wildman–Crippen MR) is 102 cm³/mol. The lowest BCUT2D eigenvalue weighted by molar-refractivity contribution is -0.122. The molecule has 0 spiro atoms. The topological polar surface area (TPSA) is 77.0 Å². The smallest absolute Gasteiger partial charge is 0.393 e. The average molecular weight is 378 g/mol. The summed E-state index contributed by atoms with van der Waals surface area (Å²) >= 11 is 0. The molecule has 7 heteroatoms. The molecule has 0 aromatic rings. The quantitative estimate of drug-likeness (QED) is 0.339. The summed E-state index contributed by atoms with van der Waals surface area (Å²) in [7, 11) is 2.26. The molecule has 0 aromatic carbocycles. The first-order chi connectivity index (χ1) is 11.7. The molecular weight excluding hydrogens is 338 g/mol. The summed E-state index contributed by atoms with van der Waals surface area (Å²) in [6.45, 7) is 6.93. The maximum atomic E-state index is 12.0. The van der Waals surface area contributed by atoms with E-state index in [0.29, 0.717) is 25.4 Å². The molecule has 0 saturated heterocycles. The molecule has 6 nitrogen and oxygen atoms in total. The number of unbranched alkanes of at least 4 members (excludes halogenated alkanes) is 2. The summed E-state index contributed by atoms with van der Waals surface area (Å²) in [5, 5.41) is 12.9. The number of carbonyl (C=O) groups is 1. The van der Waals surface area contributed by atoms with Crippen molar-refractivity contribution < 1.29 is 23.2 Å². The zero-order chi connectivity index (χ0) is 19.3. The molecule has 25 heavy (non-hydrogen) atoms. The lowest BCUT2D eigenvalue weighted by atomic mass is 9.90. The van der Waals surface area contributed by atoms with Gasteiger partial charge < -0.3 is 23.7 Å². The van der Waals surface area contributed by atoms with Gasteiger partial charge in [0, 0.05) is 40.3 Å². The number of hydrogen-bond acceptors (Lipinski definition) is 5. The van der Waals surface area contributed by atoms with Crippen molar-refractivity contribution in [2.75, 3.05) is 27.9 Å². The third kappa shape index (κ3) is 11.0. The highest BCUT2D eigenvalue weighted by Gasteiger charge is 2.39. The van der Waals surface area contributed by atoms with Crippen LogP contribution in [0, 0.1) is 5.41 Å². The van der Waals surface area contributed by atoms with Gasteiger partial charge in [0.1, 0.15) is 0 Å². The second-order valence-corrected chi connectivity index (χ2v) is 10.5. The molecule has 1 atom stereocenters. The van der Waals surface area contributed by atoms with E-state index in [0.717, 1.165) is 32.1 Å². The first kappa shape index (κ1) is 24.5. The van der Waals surface area contributed by atoms with Crippen molar-refractivity contribution in [3.05, 3.63) is 0 Å². The molecule has 1 amide bonds. The van der Waals surface area contributed by atoms with Crippen molar-refractivity contribution in [2.24, 2.45) is 5.41 Å². The first-order valence-corrected chi connectivity index (χ1v) is 11.3. The third-order valence-corrected chi connectivity index (χ3v) is 7.38. The Morgan fingerprint density at radius 3 is 2.24 bits per heavy atom. The molecule has 1 unspecified atom stereocenters. The van der Waals surface area contributed by atoms with Crippen LogP contribution < -0.4 is 5.32 Å². The van der Waals surface area contributed by atoms with Crippen LogP contribution in [0.2, 0.25) is 6.04 Å². The van der Waals surface area contributed by atoms with Crippen LogP contribution in [0.4, 0.5) is 0 Å². The molecular formula is C18H39NO5Si. The van der Waals surface area contributed by atoms with E-state index in [4.69, 9.17) is 13.3 Å². The SMILES string of the molecule is CCCCCC(O)CCC(=O)NCC(C)(C)CC[Si](OC)(OC)OC. The second kappa shape index (κ2) is 12.8. The van der Waals surface area contributed by atoms with Gasteiger partial charge in [-0.25, -0.2) is 0 Å². The summed E-state index contributed by atoms with van der Waals surface area (Å²) in [4.78, 5) is 12.0. The van der Waals surface area contributed by atoms with Gasteiger partial charge in [0.25, 0.3) is 0 Å². The Labute approximate surface area is 155 Å². The molecule has 0 aliphatic heterocycles. The predicted octanol–water partition coefficient (Wildman–Crippen LogP) is 3.12. The average Bonchev–Trinajstić information content (AvgIpc) is 2.60. The number of rotatable bonds is 15. The van der Waals surface area contributed by atoms with E-state index < -0.39 is 8.80 Å². The van der Waals surface area contributed by atoms with E-state index in [2.05, 4.69) is 26.1 Å². The van der Waals surface area contributed by atoms with Crippen LogP contribution in [0.1, 0.15) is 65.7 Å². The molecule has 150 valence electrons. The Morgan fingerprint density at radius 1 is 1.12 bits per heavy atom. The zero-order valence-corrected chi connectivity index (χ0v) is 18.0. The van der Waals surface area contributed by atoms with Crippen molar-refractivity contribution in [1.29, 1.82) is 0 Å². The number of aliphatic hydroxyl groups excluding tert-OH is 1.